The van der Waals surface area contributed by atoms with Crippen LogP contribution in [0.25, 0.3) is 5.76 Å². The summed E-state index contributed by atoms with van der Waals surface area (Å²) in [7, 11) is 6.08. The van der Waals surface area contributed by atoms with Gasteiger partial charge in [-0.1, -0.05) is 31.5 Å². The predicted octanol–water partition coefficient (Wildman–Crippen LogP) is 6.09. The van der Waals surface area contributed by atoms with Crippen LogP contribution in [0.5, 0.6) is 23.0 Å². The van der Waals surface area contributed by atoms with Gasteiger partial charge in [0.15, 0.2) is 11.5 Å². The van der Waals surface area contributed by atoms with Gasteiger partial charge >= 0.3 is 0 Å². The number of ether oxygens (including phenoxy) is 4. The van der Waals surface area contributed by atoms with Gasteiger partial charge in [-0.05, 0) is 72.9 Å². The van der Waals surface area contributed by atoms with Crippen LogP contribution >= 0.6 is 0 Å². The lowest BCUT2D eigenvalue weighted by atomic mass is 9.90. The second-order valence-corrected chi connectivity index (χ2v) is 10.0. The normalized spacial score (nSPS) is 16.4. The first kappa shape index (κ1) is 28.5. The number of Topliss-reactive ketones (excluding diaryl/α,β-unsaturated/α-hetero) is 1. The minimum Gasteiger partial charge on any atom is -0.507 e. The van der Waals surface area contributed by atoms with Crippen LogP contribution in [0, 0.1) is 13.8 Å². The van der Waals surface area contributed by atoms with Crippen LogP contribution in [0.1, 0.15) is 53.6 Å². The Hall–Kier alpha value is -4.46. The maximum atomic E-state index is 13.7. The molecule has 0 saturated carbocycles. The van der Waals surface area contributed by atoms with Crippen molar-refractivity contribution in [3.05, 3.63) is 81.9 Å². The smallest absolute Gasteiger partial charge is 0.300 e. The van der Waals surface area contributed by atoms with Crippen LogP contribution in [0.4, 0.5) is 5.69 Å². The number of ketones is 1. The molecule has 210 valence electrons. The lowest BCUT2D eigenvalue weighted by Crippen LogP contribution is -2.29. The molecule has 1 atom stereocenters. The molecule has 0 bridgehead atoms. The van der Waals surface area contributed by atoms with E-state index in [4.69, 9.17) is 18.9 Å². The van der Waals surface area contributed by atoms with Gasteiger partial charge in [0.05, 0.1) is 40.1 Å². The molecule has 8 heteroatoms. The highest BCUT2D eigenvalue weighted by Crippen LogP contribution is 2.47. The lowest BCUT2D eigenvalue weighted by Gasteiger charge is -2.27. The molecular formula is C32H35NO7. The average molecular weight is 546 g/mol. The molecule has 1 unspecified atom stereocenters. The number of hydrogen-bond acceptors (Lipinski definition) is 7. The molecule has 0 radical (unpaired) electrons. The summed E-state index contributed by atoms with van der Waals surface area (Å²) in [6, 6.07) is 13.3. The predicted molar refractivity (Wildman–Crippen MR) is 154 cm³/mol. The second-order valence-electron chi connectivity index (χ2n) is 10.0. The van der Waals surface area contributed by atoms with E-state index in [1.807, 2.05) is 52.0 Å². The summed E-state index contributed by atoms with van der Waals surface area (Å²) in [5.41, 5.74) is 3.99. The zero-order chi connectivity index (χ0) is 29.3. The minimum absolute atomic E-state index is 0.0391. The maximum Gasteiger partial charge on any atom is 0.300 e. The largest absolute Gasteiger partial charge is 0.507 e. The third kappa shape index (κ3) is 4.85. The van der Waals surface area contributed by atoms with Crippen molar-refractivity contribution in [2.75, 3.05) is 33.3 Å². The summed E-state index contributed by atoms with van der Waals surface area (Å²) in [6.07, 6.45) is 0. The van der Waals surface area contributed by atoms with Crippen molar-refractivity contribution in [2.45, 2.75) is 39.7 Å². The van der Waals surface area contributed by atoms with Gasteiger partial charge < -0.3 is 24.1 Å². The van der Waals surface area contributed by atoms with E-state index in [-0.39, 0.29) is 17.3 Å². The first-order chi connectivity index (χ1) is 19.1. The lowest BCUT2D eigenvalue weighted by molar-refractivity contribution is -0.132. The maximum absolute atomic E-state index is 13.7. The number of amides is 1. The Bertz CT molecular complexity index is 1460. The highest BCUT2D eigenvalue weighted by atomic mass is 16.5. The molecule has 4 rings (SSSR count). The molecule has 0 aliphatic carbocycles. The quantitative estimate of drug-likeness (QED) is 0.208. The van der Waals surface area contributed by atoms with E-state index in [9.17, 15) is 14.7 Å². The zero-order valence-electron chi connectivity index (χ0n) is 24.1. The van der Waals surface area contributed by atoms with Gasteiger partial charge in [-0.2, -0.15) is 0 Å². The van der Waals surface area contributed by atoms with E-state index < -0.39 is 17.7 Å². The Morgan fingerprint density at radius 1 is 0.825 bits per heavy atom. The molecule has 3 aromatic rings. The topological polar surface area (TPSA) is 94.5 Å². The molecule has 40 heavy (non-hydrogen) atoms. The number of aryl methyl sites for hydroxylation is 2. The van der Waals surface area contributed by atoms with Crippen molar-refractivity contribution < 1.29 is 33.6 Å². The van der Waals surface area contributed by atoms with E-state index in [2.05, 4.69) is 0 Å². The summed E-state index contributed by atoms with van der Waals surface area (Å²) in [6.45, 7) is 7.80. The van der Waals surface area contributed by atoms with E-state index >= 15 is 0 Å². The van der Waals surface area contributed by atoms with Crippen LogP contribution in [0.3, 0.4) is 0 Å². The Morgan fingerprint density at radius 3 is 1.90 bits per heavy atom. The number of carbonyl (C=O) groups is 2. The van der Waals surface area contributed by atoms with Crippen molar-refractivity contribution in [1.29, 1.82) is 0 Å². The molecule has 1 heterocycles. The van der Waals surface area contributed by atoms with Crippen LogP contribution in [-0.4, -0.2) is 45.2 Å². The van der Waals surface area contributed by atoms with Gasteiger partial charge in [-0.25, -0.2) is 0 Å². The number of aliphatic hydroxyl groups excluding tert-OH is 1. The van der Waals surface area contributed by atoms with Gasteiger partial charge in [-0.15, -0.1) is 0 Å². The van der Waals surface area contributed by atoms with E-state index in [0.717, 1.165) is 11.1 Å². The van der Waals surface area contributed by atoms with Crippen LogP contribution < -0.4 is 23.8 Å². The summed E-state index contributed by atoms with van der Waals surface area (Å²) >= 11 is 0. The fourth-order valence-electron chi connectivity index (χ4n) is 5.11. The number of methoxy groups -OCH3 is 4. The zero-order valence-corrected chi connectivity index (χ0v) is 24.1. The molecule has 1 saturated heterocycles. The fourth-order valence-corrected chi connectivity index (χ4v) is 5.11. The number of benzene rings is 3. The number of anilines is 1. The van der Waals surface area contributed by atoms with Crippen molar-refractivity contribution in [3.8, 4) is 23.0 Å². The molecule has 0 spiro atoms. The monoisotopic (exact) mass is 545 g/mol. The first-order valence-corrected chi connectivity index (χ1v) is 12.9. The van der Waals surface area contributed by atoms with Crippen LogP contribution in [0.2, 0.25) is 0 Å². The molecule has 1 fully saturated rings. The number of hydrogen-bond donors (Lipinski definition) is 1. The summed E-state index contributed by atoms with van der Waals surface area (Å²) in [4.78, 5) is 28.8. The highest BCUT2D eigenvalue weighted by Gasteiger charge is 2.47. The highest BCUT2D eigenvalue weighted by molar-refractivity contribution is 6.51. The molecule has 1 aliphatic heterocycles. The first-order valence-electron chi connectivity index (χ1n) is 12.9. The molecule has 1 N–H and O–H groups in total. The standard InChI is InChI=1S/C32H35NO7/c1-17(2)22-16-23(19(4)13-24(22)37-5)29(34)27-28(20-14-25(38-6)31(40-8)26(15-20)39-7)33(32(36)30(27)35)21-11-9-18(3)10-12-21/h9-17,28,34H,1-8H3/b29-27+. The Labute approximate surface area is 234 Å². The Kier molecular flexibility index (Phi) is 8.09. The van der Waals surface area contributed by atoms with Gasteiger partial charge in [-0.3, -0.25) is 14.5 Å². The minimum atomic E-state index is -0.972. The number of nitrogens with zero attached hydrogens (tertiary/aromatic N) is 1. The SMILES string of the molecule is COc1cc(C)c(/C(O)=C2\C(=O)C(=O)N(c3ccc(C)cc3)C2c2cc(OC)c(OC)c(OC)c2)cc1C(C)C. The van der Waals surface area contributed by atoms with E-state index in [0.29, 0.717) is 45.4 Å². The van der Waals surface area contributed by atoms with Crippen LogP contribution in [-0.2, 0) is 9.59 Å². The van der Waals surface area contributed by atoms with Crippen molar-refractivity contribution in [2.24, 2.45) is 0 Å². The van der Waals surface area contributed by atoms with Crippen molar-refractivity contribution >= 4 is 23.1 Å². The molecule has 1 amide bonds. The van der Waals surface area contributed by atoms with E-state index in [1.165, 1.54) is 26.2 Å². The fraction of sp³-hybridized carbons (Fsp3) is 0.312. The number of rotatable bonds is 8. The van der Waals surface area contributed by atoms with Crippen LogP contribution in [0.15, 0.2) is 54.1 Å². The van der Waals surface area contributed by atoms with Gasteiger partial charge in [0, 0.05) is 11.3 Å². The number of carbonyl (C=O) groups excluding carboxylic acids is 2. The third-order valence-corrected chi connectivity index (χ3v) is 7.21. The molecular weight excluding hydrogens is 510 g/mol. The summed E-state index contributed by atoms with van der Waals surface area (Å²) in [5, 5.41) is 11.8. The molecule has 1 aliphatic rings. The van der Waals surface area contributed by atoms with Gasteiger partial charge in [0.2, 0.25) is 5.75 Å². The molecule has 8 nitrogen and oxygen atoms in total. The Balaban J connectivity index is 2.05. The molecule has 0 aromatic heterocycles. The van der Waals surface area contributed by atoms with Crippen molar-refractivity contribution in [1.82, 2.24) is 0 Å². The number of aliphatic hydroxyl groups is 1. The van der Waals surface area contributed by atoms with Gasteiger partial charge in [0.1, 0.15) is 11.5 Å². The Morgan fingerprint density at radius 2 is 1.40 bits per heavy atom. The van der Waals surface area contributed by atoms with E-state index in [1.54, 1.807) is 31.4 Å². The second kappa shape index (κ2) is 11.3. The third-order valence-electron chi connectivity index (χ3n) is 7.21. The average Bonchev–Trinajstić information content (AvgIpc) is 3.21. The van der Waals surface area contributed by atoms with Gasteiger partial charge in [0.25, 0.3) is 11.7 Å². The molecule has 3 aromatic carbocycles. The summed E-state index contributed by atoms with van der Waals surface area (Å²) < 4.78 is 22.2. The summed E-state index contributed by atoms with van der Waals surface area (Å²) in [5.74, 6) is 0.0383. The van der Waals surface area contributed by atoms with Crippen molar-refractivity contribution in [3.63, 3.8) is 0 Å².